The van der Waals surface area contributed by atoms with E-state index in [2.05, 4.69) is 51.1 Å². The van der Waals surface area contributed by atoms with Crippen molar-refractivity contribution < 1.29 is 26.7 Å². The molecule has 0 aromatic carbocycles. The lowest BCUT2D eigenvalue weighted by molar-refractivity contribution is -0.344. The van der Waals surface area contributed by atoms with Crippen molar-refractivity contribution >= 4 is 81.2 Å². The van der Waals surface area contributed by atoms with E-state index in [-0.39, 0.29) is 0 Å². The van der Waals surface area contributed by atoms with E-state index >= 15 is 0 Å². The number of alkyl halides is 12. The molecule has 0 fully saturated rings. The SMILES string of the molecule is FC(Cl)(Cl)C(F)(Cl)C(F)(F)OC(F)(Cl)C(Cl)(Cl)Cl. The molecule has 0 saturated carbocycles. The highest BCUT2D eigenvalue weighted by atomic mass is 35.6. The summed E-state index contributed by atoms with van der Waals surface area (Å²) in [5.41, 5.74) is 0. The predicted molar refractivity (Wildman–Crippen MR) is 61.3 cm³/mol. The third-order valence-electron chi connectivity index (χ3n) is 1.31. The second-order valence-electron chi connectivity index (χ2n) is 2.71. The Balaban J connectivity index is 5.33. The topological polar surface area (TPSA) is 9.23 Å². The maximum atomic E-state index is 13.2. The molecule has 13 heteroatoms. The average Bonchev–Trinajstić information content (AvgIpc) is 1.96. The van der Waals surface area contributed by atoms with Crippen LogP contribution in [0.15, 0.2) is 0 Å². The Bertz CT molecular complexity index is 308. The van der Waals surface area contributed by atoms with Crippen LogP contribution in [0.3, 0.4) is 0 Å². The lowest BCUT2D eigenvalue weighted by atomic mass is 10.3. The fourth-order valence-electron chi connectivity index (χ4n) is 0.448. The Kier molecular flexibility index (Phi) is 5.94. The summed E-state index contributed by atoms with van der Waals surface area (Å²) >= 11 is 32.4. The van der Waals surface area contributed by atoms with Gasteiger partial charge in [0.05, 0.1) is 0 Å². The molecule has 0 saturated heterocycles. The quantitative estimate of drug-likeness (QED) is 0.412. The van der Waals surface area contributed by atoms with Crippen LogP contribution in [-0.2, 0) is 4.74 Å². The van der Waals surface area contributed by atoms with Gasteiger partial charge < -0.3 is 0 Å². The van der Waals surface area contributed by atoms with Crippen LogP contribution >= 0.6 is 81.2 Å². The molecule has 18 heavy (non-hydrogen) atoms. The van der Waals surface area contributed by atoms with Crippen LogP contribution in [0.5, 0.6) is 0 Å². The summed E-state index contributed by atoms with van der Waals surface area (Å²) < 4.78 is 60.7. The van der Waals surface area contributed by atoms with Crippen molar-refractivity contribution in [3.05, 3.63) is 0 Å². The van der Waals surface area contributed by atoms with Gasteiger partial charge in [0.15, 0.2) is 0 Å². The smallest absolute Gasteiger partial charge is 0.262 e. The Morgan fingerprint density at radius 1 is 0.667 bits per heavy atom. The first-order chi connectivity index (χ1) is 7.46. The van der Waals surface area contributed by atoms with Gasteiger partial charge in [0.2, 0.25) is 0 Å². The molecule has 0 aromatic heterocycles. The third-order valence-corrected chi connectivity index (χ3v) is 3.88. The predicted octanol–water partition coefficient (Wildman–Crippen LogP) is 5.83. The highest BCUT2D eigenvalue weighted by Gasteiger charge is 2.72. The van der Waals surface area contributed by atoms with Crippen LogP contribution in [0.1, 0.15) is 0 Å². The Morgan fingerprint density at radius 2 is 1.00 bits per heavy atom. The molecule has 0 aliphatic heterocycles. The molecule has 1 nitrogen and oxygen atoms in total. The zero-order valence-electron chi connectivity index (χ0n) is 7.44. The summed E-state index contributed by atoms with van der Waals surface area (Å²) in [5, 5.41) is -9.16. The lowest BCUT2D eigenvalue weighted by Crippen LogP contribution is -2.55. The van der Waals surface area contributed by atoms with Crippen molar-refractivity contribution in [2.24, 2.45) is 0 Å². The summed E-state index contributed by atoms with van der Waals surface area (Å²) in [7, 11) is 0. The van der Waals surface area contributed by atoms with Gasteiger partial charge in [0.1, 0.15) is 0 Å². The first-order valence-corrected chi connectivity index (χ1v) is 6.07. The number of ether oxygens (including phenoxy) is 1. The van der Waals surface area contributed by atoms with Crippen molar-refractivity contribution in [3.8, 4) is 0 Å². The summed E-state index contributed by atoms with van der Waals surface area (Å²) in [6.45, 7) is 0. The molecule has 0 N–H and O–H groups in total. The van der Waals surface area contributed by atoms with Crippen molar-refractivity contribution in [1.29, 1.82) is 0 Å². The van der Waals surface area contributed by atoms with Crippen molar-refractivity contribution in [2.75, 3.05) is 0 Å². The Morgan fingerprint density at radius 3 is 1.22 bits per heavy atom. The van der Waals surface area contributed by atoms with Crippen LogP contribution < -0.4 is 0 Å². The molecule has 0 radical (unpaired) electrons. The minimum Gasteiger partial charge on any atom is -0.262 e. The lowest BCUT2D eigenvalue weighted by Gasteiger charge is -2.35. The standard InChI is InChI=1S/C5Cl7F5O/c6-1(13,3(10,11)14)5(16,17)18-4(12,15)2(7,8)9. The van der Waals surface area contributed by atoms with E-state index in [9.17, 15) is 22.0 Å². The molecule has 0 aliphatic carbocycles. The van der Waals surface area contributed by atoms with E-state index in [1.165, 1.54) is 0 Å². The third kappa shape index (κ3) is 4.07. The summed E-state index contributed by atoms with van der Waals surface area (Å²) in [5.74, 6) is 0. The molecule has 0 bridgehead atoms. The first-order valence-electron chi connectivity index (χ1n) is 3.43. The second kappa shape index (κ2) is 5.44. The van der Waals surface area contributed by atoms with Crippen molar-refractivity contribution in [2.45, 2.75) is 24.9 Å². The summed E-state index contributed by atoms with van der Waals surface area (Å²) in [6.07, 6.45) is -5.48. The van der Waals surface area contributed by atoms with Gasteiger partial charge in [-0.05, 0) is 11.6 Å². The van der Waals surface area contributed by atoms with Crippen LogP contribution in [0.25, 0.3) is 0 Å². The normalized spacial score (nSPS) is 21.3. The zero-order chi connectivity index (χ0) is 15.2. The van der Waals surface area contributed by atoms with Gasteiger partial charge >= 0.3 is 21.1 Å². The molecule has 2 unspecified atom stereocenters. The second-order valence-corrected chi connectivity index (χ2v) is 7.23. The number of hydrogen-bond donors (Lipinski definition) is 0. The maximum absolute atomic E-state index is 13.2. The van der Waals surface area contributed by atoms with Gasteiger partial charge in [0.25, 0.3) is 3.79 Å². The molecule has 110 valence electrons. The van der Waals surface area contributed by atoms with Crippen LogP contribution in [0, 0.1) is 0 Å². The maximum Gasteiger partial charge on any atom is 0.413 e. The minimum atomic E-state index is -5.48. The monoisotopic (exact) mass is 416 g/mol. The minimum absolute atomic E-state index is 3.03. The van der Waals surface area contributed by atoms with Gasteiger partial charge in [-0.25, -0.2) is 8.78 Å². The fourth-order valence-corrected chi connectivity index (χ4v) is 0.919. The largest absolute Gasteiger partial charge is 0.413 e. The molecule has 0 spiro atoms. The van der Waals surface area contributed by atoms with E-state index in [0.29, 0.717) is 0 Å². The average molecular weight is 419 g/mol. The molecular weight excluding hydrogens is 419 g/mol. The van der Waals surface area contributed by atoms with Crippen molar-refractivity contribution in [1.82, 2.24) is 0 Å². The van der Waals surface area contributed by atoms with Gasteiger partial charge in [-0.2, -0.15) is 13.2 Å². The highest BCUT2D eigenvalue weighted by molar-refractivity contribution is 6.70. The number of halogens is 12. The molecule has 0 heterocycles. The molecular formula is C5Cl7F5O. The van der Waals surface area contributed by atoms with Gasteiger partial charge in [-0.1, -0.05) is 69.6 Å². The molecule has 0 aromatic rings. The van der Waals surface area contributed by atoms with Crippen molar-refractivity contribution in [3.63, 3.8) is 0 Å². The van der Waals surface area contributed by atoms with E-state index in [1.54, 1.807) is 0 Å². The Hall–Kier alpha value is 1.64. The zero-order valence-corrected chi connectivity index (χ0v) is 12.7. The van der Waals surface area contributed by atoms with E-state index in [1.807, 2.05) is 0 Å². The highest BCUT2D eigenvalue weighted by Crippen LogP contribution is 2.56. The summed E-state index contributed by atoms with van der Waals surface area (Å²) in [4.78, 5) is 0. The van der Waals surface area contributed by atoms with Gasteiger partial charge in [-0.15, -0.1) is 0 Å². The van der Waals surface area contributed by atoms with Gasteiger partial charge in [-0.3, -0.25) is 4.74 Å². The number of rotatable bonds is 4. The van der Waals surface area contributed by atoms with Crippen LogP contribution in [-0.4, -0.2) is 24.9 Å². The number of hydrogen-bond acceptors (Lipinski definition) is 1. The van der Waals surface area contributed by atoms with E-state index in [0.717, 1.165) is 0 Å². The summed E-state index contributed by atoms with van der Waals surface area (Å²) in [6, 6.07) is 0. The Labute approximate surface area is 132 Å². The van der Waals surface area contributed by atoms with E-state index < -0.39 is 24.9 Å². The molecule has 2 atom stereocenters. The van der Waals surface area contributed by atoms with Crippen LogP contribution in [0.2, 0.25) is 0 Å². The van der Waals surface area contributed by atoms with E-state index in [4.69, 9.17) is 34.8 Å². The van der Waals surface area contributed by atoms with Crippen LogP contribution in [0.4, 0.5) is 22.0 Å². The first kappa shape index (κ1) is 19.6. The fraction of sp³-hybridized carbons (Fsp3) is 1.00. The molecule has 0 rings (SSSR count). The van der Waals surface area contributed by atoms with Gasteiger partial charge in [0, 0.05) is 0 Å². The molecule has 0 aliphatic rings. The molecule has 0 amide bonds.